The number of amides is 2. The highest BCUT2D eigenvalue weighted by Gasteiger charge is 2.31. The summed E-state index contributed by atoms with van der Waals surface area (Å²) in [6.45, 7) is 9.16. The van der Waals surface area contributed by atoms with Crippen LogP contribution in [0.5, 0.6) is 0 Å². The molecule has 0 unspecified atom stereocenters. The number of rotatable bonds is 4. The molecule has 1 aliphatic heterocycles. The zero-order valence-electron chi connectivity index (χ0n) is 15.3. The van der Waals surface area contributed by atoms with Crippen LogP contribution in [0.15, 0.2) is 0 Å². The van der Waals surface area contributed by atoms with Gasteiger partial charge in [0.25, 0.3) is 5.91 Å². The fraction of sp³-hybridized carbons (Fsp3) is 0.706. The second-order valence-electron chi connectivity index (χ2n) is 7.16. The fourth-order valence-corrected chi connectivity index (χ4v) is 2.73. The Bertz CT molecular complexity index is 616. The summed E-state index contributed by atoms with van der Waals surface area (Å²) in [4.78, 5) is 26.4. The van der Waals surface area contributed by atoms with Crippen molar-refractivity contribution in [1.82, 2.24) is 20.0 Å². The lowest BCUT2D eigenvalue weighted by molar-refractivity contribution is 0.0222. The maximum absolute atomic E-state index is 12.5. The van der Waals surface area contributed by atoms with Crippen molar-refractivity contribution in [3.8, 4) is 0 Å². The predicted octanol–water partition coefficient (Wildman–Crippen LogP) is 2.24. The fourth-order valence-electron chi connectivity index (χ4n) is 2.73. The second-order valence-corrected chi connectivity index (χ2v) is 7.16. The van der Waals surface area contributed by atoms with E-state index in [0.717, 1.165) is 24.1 Å². The smallest absolute Gasteiger partial charge is 0.410 e. The van der Waals surface area contributed by atoms with Gasteiger partial charge in [-0.05, 0) is 27.2 Å². The number of carbonyl (C=O) groups is 2. The van der Waals surface area contributed by atoms with E-state index in [0.29, 0.717) is 31.7 Å². The van der Waals surface area contributed by atoms with E-state index in [2.05, 4.69) is 17.3 Å². The van der Waals surface area contributed by atoms with Crippen LogP contribution in [0, 0.1) is 0 Å². The van der Waals surface area contributed by atoms with Crippen LogP contribution in [-0.2, 0) is 24.8 Å². The lowest BCUT2D eigenvalue weighted by atomic mass is 10.1. The van der Waals surface area contributed by atoms with Gasteiger partial charge in [-0.2, -0.15) is 5.10 Å². The molecule has 7 nitrogen and oxygen atoms in total. The first-order valence-electron chi connectivity index (χ1n) is 8.53. The van der Waals surface area contributed by atoms with E-state index in [-0.39, 0.29) is 12.0 Å². The predicted molar refractivity (Wildman–Crippen MR) is 90.8 cm³/mol. The molecule has 0 fully saturated rings. The van der Waals surface area contributed by atoms with Crippen molar-refractivity contribution in [3.63, 3.8) is 0 Å². The Kier molecular flexibility index (Phi) is 5.51. The minimum absolute atomic E-state index is 0.134. The first-order valence-corrected chi connectivity index (χ1v) is 8.53. The molecule has 134 valence electrons. The summed E-state index contributed by atoms with van der Waals surface area (Å²) in [7, 11) is 1.77. The van der Waals surface area contributed by atoms with Gasteiger partial charge in [0.2, 0.25) is 0 Å². The van der Waals surface area contributed by atoms with Crippen LogP contribution in [0.1, 0.15) is 62.3 Å². The van der Waals surface area contributed by atoms with Crippen LogP contribution < -0.4 is 5.32 Å². The molecule has 0 radical (unpaired) electrons. The maximum atomic E-state index is 12.5. The number of carbonyl (C=O) groups excluding carboxylic acids is 2. The van der Waals surface area contributed by atoms with Gasteiger partial charge in [-0.15, -0.1) is 0 Å². The van der Waals surface area contributed by atoms with Gasteiger partial charge in [-0.3, -0.25) is 9.48 Å². The van der Waals surface area contributed by atoms with Crippen molar-refractivity contribution >= 4 is 12.0 Å². The average molecular weight is 336 g/mol. The zero-order valence-corrected chi connectivity index (χ0v) is 15.3. The Morgan fingerprint density at radius 1 is 1.33 bits per heavy atom. The van der Waals surface area contributed by atoms with Gasteiger partial charge in [-0.1, -0.05) is 13.3 Å². The van der Waals surface area contributed by atoms with Crippen LogP contribution in [0.4, 0.5) is 4.79 Å². The molecule has 0 aliphatic carbocycles. The first-order chi connectivity index (χ1) is 11.2. The molecule has 2 amide bonds. The molecule has 7 heteroatoms. The number of ether oxygens (including phenoxy) is 1. The van der Waals surface area contributed by atoms with E-state index in [9.17, 15) is 9.59 Å². The van der Waals surface area contributed by atoms with E-state index in [1.54, 1.807) is 16.6 Å². The normalized spacial score (nSPS) is 14.3. The van der Waals surface area contributed by atoms with Crippen molar-refractivity contribution in [2.24, 2.45) is 7.05 Å². The molecule has 1 N–H and O–H groups in total. The molecule has 1 aromatic rings. The Balaban J connectivity index is 2.15. The van der Waals surface area contributed by atoms with Gasteiger partial charge in [0.15, 0.2) is 0 Å². The van der Waals surface area contributed by atoms with Gasteiger partial charge < -0.3 is 15.0 Å². The average Bonchev–Trinajstić information content (AvgIpc) is 2.80. The number of unbranched alkanes of at least 4 members (excludes halogenated alkanes) is 1. The molecule has 1 aromatic heterocycles. The molecular weight excluding hydrogens is 308 g/mol. The summed E-state index contributed by atoms with van der Waals surface area (Å²) in [5, 5.41) is 7.37. The van der Waals surface area contributed by atoms with Crippen LogP contribution >= 0.6 is 0 Å². The van der Waals surface area contributed by atoms with Gasteiger partial charge in [-0.25, -0.2) is 4.79 Å². The SMILES string of the molecule is CCCCNC(=O)c1c2c(nn1C)CCN(C(=O)OC(C)(C)C)C2. The van der Waals surface area contributed by atoms with Gasteiger partial charge in [0.1, 0.15) is 11.3 Å². The zero-order chi connectivity index (χ0) is 17.9. The number of fused-ring (bicyclic) bond motifs is 1. The molecule has 1 aliphatic rings. The van der Waals surface area contributed by atoms with E-state index in [4.69, 9.17) is 4.74 Å². The Hall–Kier alpha value is -2.05. The van der Waals surface area contributed by atoms with Crippen molar-refractivity contribution < 1.29 is 14.3 Å². The van der Waals surface area contributed by atoms with Crippen LogP contribution in [0.2, 0.25) is 0 Å². The molecule has 0 aromatic carbocycles. The van der Waals surface area contributed by atoms with Gasteiger partial charge in [0.05, 0.1) is 12.2 Å². The molecule has 0 saturated heterocycles. The number of nitrogens with one attached hydrogen (secondary N) is 1. The Morgan fingerprint density at radius 2 is 2.04 bits per heavy atom. The van der Waals surface area contributed by atoms with Gasteiger partial charge in [0, 0.05) is 32.1 Å². The summed E-state index contributed by atoms with van der Waals surface area (Å²) in [6.07, 6.45) is 2.24. The number of nitrogens with zero attached hydrogens (tertiary/aromatic N) is 3. The largest absolute Gasteiger partial charge is 0.444 e. The standard InChI is InChI=1S/C17H28N4O3/c1-6-7-9-18-15(22)14-12-11-21(16(23)24-17(2,3)4)10-8-13(12)19-20(14)5/h6-11H2,1-5H3,(H,18,22). The third-order valence-corrected chi connectivity index (χ3v) is 3.88. The Labute approximate surface area is 143 Å². The maximum Gasteiger partial charge on any atom is 0.410 e. The van der Waals surface area contributed by atoms with Gasteiger partial charge >= 0.3 is 6.09 Å². The first kappa shape index (κ1) is 18.3. The van der Waals surface area contributed by atoms with E-state index >= 15 is 0 Å². The third kappa shape index (κ3) is 4.27. The van der Waals surface area contributed by atoms with E-state index in [1.807, 2.05) is 20.8 Å². The molecule has 24 heavy (non-hydrogen) atoms. The third-order valence-electron chi connectivity index (χ3n) is 3.88. The molecular formula is C17H28N4O3. The summed E-state index contributed by atoms with van der Waals surface area (Å²) in [6, 6.07) is 0. The van der Waals surface area contributed by atoms with Crippen molar-refractivity contribution in [1.29, 1.82) is 0 Å². The number of aromatic nitrogens is 2. The number of hydrogen-bond acceptors (Lipinski definition) is 4. The van der Waals surface area contributed by atoms with Crippen molar-refractivity contribution in [3.05, 3.63) is 17.0 Å². The van der Waals surface area contributed by atoms with Crippen LogP contribution in [0.3, 0.4) is 0 Å². The van der Waals surface area contributed by atoms with E-state index in [1.165, 1.54) is 0 Å². The molecule has 2 heterocycles. The van der Waals surface area contributed by atoms with Crippen molar-refractivity contribution in [2.75, 3.05) is 13.1 Å². The monoisotopic (exact) mass is 336 g/mol. The highest BCUT2D eigenvalue weighted by atomic mass is 16.6. The quantitative estimate of drug-likeness (QED) is 0.856. The van der Waals surface area contributed by atoms with E-state index < -0.39 is 5.60 Å². The number of hydrogen-bond donors (Lipinski definition) is 1. The minimum Gasteiger partial charge on any atom is -0.444 e. The lowest BCUT2D eigenvalue weighted by Gasteiger charge is -2.29. The summed E-state index contributed by atoms with van der Waals surface area (Å²) in [5.41, 5.74) is 1.71. The lowest BCUT2D eigenvalue weighted by Crippen LogP contribution is -2.40. The van der Waals surface area contributed by atoms with Crippen molar-refractivity contribution in [2.45, 2.75) is 59.1 Å². The highest BCUT2D eigenvalue weighted by molar-refractivity contribution is 5.94. The molecule has 0 atom stereocenters. The molecule has 0 saturated carbocycles. The molecule has 0 spiro atoms. The summed E-state index contributed by atoms with van der Waals surface area (Å²) in [5.74, 6) is -0.134. The number of aryl methyl sites for hydroxylation is 1. The summed E-state index contributed by atoms with van der Waals surface area (Å²) < 4.78 is 7.05. The molecule has 2 rings (SSSR count). The summed E-state index contributed by atoms with van der Waals surface area (Å²) >= 11 is 0. The highest BCUT2D eigenvalue weighted by Crippen LogP contribution is 2.23. The second kappa shape index (κ2) is 7.23. The Morgan fingerprint density at radius 3 is 2.67 bits per heavy atom. The van der Waals surface area contributed by atoms with Crippen LogP contribution in [-0.4, -0.2) is 45.4 Å². The topological polar surface area (TPSA) is 76.5 Å². The molecule has 0 bridgehead atoms. The minimum atomic E-state index is -0.535. The van der Waals surface area contributed by atoms with Crippen LogP contribution in [0.25, 0.3) is 0 Å².